The van der Waals surface area contributed by atoms with E-state index in [4.69, 9.17) is 9.47 Å². The molecule has 2 aromatic carbocycles. The Hall–Kier alpha value is -2.35. The number of hydrogen-bond acceptors (Lipinski definition) is 5. The topological polar surface area (TPSA) is 67.9 Å². The number of para-hydroxylation sites is 1. The first-order valence-corrected chi connectivity index (χ1v) is 11.2. The lowest BCUT2D eigenvalue weighted by atomic mass is 10.0. The van der Waals surface area contributed by atoms with Gasteiger partial charge in [0.25, 0.3) is 0 Å². The summed E-state index contributed by atoms with van der Waals surface area (Å²) < 4.78 is 10.3. The summed E-state index contributed by atoms with van der Waals surface area (Å²) in [6.07, 6.45) is -0.521. The molecular weight excluding hydrogens is 412 g/mol. The first-order valence-electron chi connectivity index (χ1n) is 10.3. The van der Waals surface area contributed by atoms with Gasteiger partial charge in [0.1, 0.15) is 5.25 Å². The number of rotatable bonds is 8. The highest BCUT2D eigenvalue weighted by molar-refractivity contribution is 8.01. The highest BCUT2D eigenvalue weighted by Gasteiger charge is 2.39. The molecule has 0 spiro atoms. The molecule has 0 bridgehead atoms. The molecular formula is C24H30N2O4S. The van der Waals surface area contributed by atoms with Gasteiger partial charge >= 0.3 is 0 Å². The Labute approximate surface area is 188 Å². The van der Waals surface area contributed by atoms with Crippen LogP contribution in [0.3, 0.4) is 0 Å². The van der Waals surface area contributed by atoms with E-state index in [1.54, 1.807) is 6.92 Å². The van der Waals surface area contributed by atoms with Crippen molar-refractivity contribution >= 4 is 29.3 Å². The Morgan fingerprint density at radius 2 is 1.87 bits per heavy atom. The molecule has 2 atom stereocenters. The number of methoxy groups -OCH3 is 2. The number of hydrogen-bond donors (Lipinski definition) is 1. The third-order valence-electron chi connectivity index (χ3n) is 5.59. The molecule has 2 amide bonds. The first-order chi connectivity index (χ1) is 14.8. The molecule has 0 unspecified atom stereocenters. The van der Waals surface area contributed by atoms with Gasteiger partial charge in [-0.25, -0.2) is 0 Å². The first kappa shape index (κ1) is 23.3. The van der Waals surface area contributed by atoms with Gasteiger partial charge in [0, 0.05) is 19.1 Å². The number of thioether (sulfide) groups is 1. The normalized spacial score (nSPS) is 16.9. The monoisotopic (exact) mass is 442 g/mol. The average Bonchev–Trinajstić information content (AvgIpc) is 2.77. The zero-order chi connectivity index (χ0) is 22.5. The fourth-order valence-corrected chi connectivity index (χ4v) is 4.89. The smallest absolute Gasteiger partial charge is 0.241 e. The van der Waals surface area contributed by atoms with Crippen LogP contribution in [0.1, 0.15) is 23.6 Å². The van der Waals surface area contributed by atoms with Crippen molar-refractivity contribution in [2.24, 2.45) is 5.92 Å². The molecule has 0 saturated heterocycles. The van der Waals surface area contributed by atoms with Crippen LogP contribution in [0.4, 0.5) is 5.69 Å². The summed E-state index contributed by atoms with van der Waals surface area (Å²) in [7, 11) is 3.04. The molecule has 7 heteroatoms. The second-order valence-electron chi connectivity index (χ2n) is 7.80. The number of fused-ring (bicyclic) bond motifs is 1. The molecule has 1 aliphatic heterocycles. The fraction of sp³-hybridized carbons (Fsp3) is 0.417. The maximum atomic E-state index is 13.6. The minimum absolute atomic E-state index is 0.0534. The molecule has 166 valence electrons. The molecule has 0 radical (unpaired) electrons. The van der Waals surface area contributed by atoms with Crippen molar-refractivity contribution in [2.75, 3.05) is 25.7 Å². The number of benzene rings is 2. The van der Waals surface area contributed by atoms with Gasteiger partial charge in [-0.3, -0.25) is 9.59 Å². The van der Waals surface area contributed by atoms with Crippen LogP contribution < -0.4 is 10.2 Å². The van der Waals surface area contributed by atoms with Crippen LogP contribution in [0, 0.1) is 19.8 Å². The van der Waals surface area contributed by atoms with Gasteiger partial charge in [-0.1, -0.05) is 42.8 Å². The number of ether oxygens (including phenoxy) is 2. The molecule has 1 N–H and O–H groups in total. The molecule has 2 aromatic rings. The maximum absolute atomic E-state index is 13.6. The Morgan fingerprint density at radius 3 is 2.58 bits per heavy atom. The van der Waals surface area contributed by atoms with Gasteiger partial charge in [0.05, 0.1) is 24.7 Å². The van der Waals surface area contributed by atoms with Gasteiger partial charge in [-0.2, -0.15) is 0 Å². The van der Waals surface area contributed by atoms with Crippen LogP contribution in [0.2, 0.25) is 0 Å². The van der Waals surface area contributed by atoms with Crippen LogP contribution in [0.15, 0.2) is 47.4 Å². The second-order valence-corrected chi connectivity index (χ2v) is 8.98. The number of nitrogens with one attached hydrogen (secondary N) is 1. The molecule has 1 heterocycles. The lowest BCUT2D eigenvalue weighted by Gasteiger charge is -2.36. The average molecular weight is 443 g/mol. The lowest BCUT2D eigenvalue weighted by molar-refractivity contribution is -0.132. The van der Waals surface area contributed by atoms with Crippen LogP contribution >= 0.6 is 11.8 Å². The quantitative estimate of drug-likeness (QED) is 0.632. The Balaban J connectivity index is 1.84. The number of anilines is 1. The highest BCUT2D eigenvalue weighted by atomic mass is 32.2. The Bertz CT molecular complexity index is 945. The minimum Gasteiger partial charge on any atom is -0.354 e. The number of carbonyl (C=O) groups is 2. The van der Waals surface area contributed by atoms with E-state index < -0.39 is 17.5 Å². The van der Waals surface area contributed by atoms with E-state index in [1.165, 1.54) is 26.0 Å². The van der Waals surface area contributed by atoms with E-state index in [0.717, 1.165) is 27.3 Å². The third kappa shape index (κ3) is 5.29. The van der Waals surface area contributed by atoms with Gasteiger partial charge in [0.15, 0.2) is 6.29 Å². The molecule has 3 rings (SSSR count). The standard InChI is InChI=1S/C24H30N2O4S/c1-15-10-11-16(2)18(12-15)14-26-19-8-6-7-9-20(19)31-22(24(26)28)17(3)23(27)25-13-21(29-4)30-5/h6-12,17,21-22H,13-14H2,1-5H3,(H,25,27)/t17-,22+/m1/s1. The van der Waals surface area contributed by atoms with Crippen LogP contribution in [-0.2, 0) is 25.6 Å². The summed E-state index contributed by atoms with van der Waals surface area (Å²) in [4.78, 5) is 29.2. The molecule has 31 heavy (non-hydrogen) atoms. The molecule has 0 saturated carbocycles. The SMILES string of the molecule is COC(CNC(=O)[C@H](C)[C@@H]1Sc2ccccc2N(Cc2cc(C)ccc2C)C1=O)OC. The summed E-state index contributed by atoms with van der Waals surface area (Å²) >= 11 is 1.45. The predicted octanol–water partition coefficient (Wildman–Crippen LogP) is 3.68. The fourth-order valence-electron chi connectivity index (χ4n) is 3.60. The summed E-state index contributed by atoms with van der Waals surface area (Å²) in [5.74, 6) is -0.764. The van der Waals surface area contributed by atoms with E-state index >= 15 is 0 Å². The van der Waals surface area contributed by atoms with E-state index in [1.807, 2.05) is 36.1 Å². The van der Waals surface area contributed by atoms with Gasteiger partial charge in [0.2, 0.25) is 11.8 Å². The number of amides is 2. The van der Waals surface area contributed by atoms with Crippen molar-refractivity contribution in [1.82, 2.24) is 5.32 Å². The van der Waals surface area contributed by atoms with Crippen LogP contribution in [-0.4, -0.2) is 44.1 Å². The number of carbonyl (C=O) groups excluding carboxylic acids is 2. The largest absolute Gasteiger partial charge is 0.354 e. The van der Waals surface area contributed by atoms with E-state index in [-0.39, 0.29) is 18.4 Å². The highest BCUT2D eigenvalue weighted by Crippen LogP contribution is 2.42. The van der Waals surface area contributed by atoms with Crippen molar-refractivity contribution in [1.29, 1.82) is 0 Å². The summed E-state index contributed by atoms with van der Waals surface area (Å²) in [6, 6.07) is 14.1. The summed E-state index contributed by atoms with van der Waals surface area (Å²) in [6.45, 7) is 6.60. The molecule has 0 fully saturated rings. The predicted molar refractivity (Wildman–Crippen MR) is 123 cm³/mol. The molecule has 6 nitrogen and oxygen atoms in total. The number of nitrogens with zero attached hydrogens (tertiary/aromatic N) is 1. The van der Waals surface area contributed by atoms with E-state index in [9.17, 15) is 9.59 Å². The molecule has 0 aromatic heterocycles. The van der Waals surface area contributed by atoms with Crippen molar-refractivity contribution in [2.45, 2.75) is 43.8 Å². The Kier molecular flexibility index (Phi) is 7.75. The summed E-state index contributed by atoms with van der Waals surface area (Å²) in [5.41, 5.74) is 4.29. The minimum atomic E-state index is -0.521. The van der Waals surface area contributed by atoms with Gasteiger partial charge in [-0.15, -0.1) is 11.8 Å². The van der Waals surface area contributed by atoms with Crippen molar-refractivity contribution in [3.05, 3.63) is 59.2 Å². The zero-order valence-electron chi connectivity index (χ0n) is 18.7. The Morgan fingerprint density at radius 1 is 1.16 bits per heavy atom. The van der Waals surface area contributed by atoms with E-state index in [2.05, 4.69) is 30.4 Å². The molecule has 1 aliphatic rings. The number of aryl methyl sites for hydroxylation is 2. The zero-order valence-corrected chi connectivity index (χ0v) is 19.5. The van der Waals surface area contributed by atoms with E-state index in [0.29, 0.717) is 6.54 Å². The van der Waals surface area contributed by atoms with Crippen molar-refractivity contribution in [3.8, 4) is 0 Å². The summed E-state index contributed by atoms with van der Waals surface area (Å²) in [5, 5.41) is 2.32. The van der Waals surface area contributed by atoms with Gasteiger partial charge < -0.3 is 19.7 Å². The van der Waals surface area contributed by atoms with Gasteiger partial charge in [-0.05, 0) is 37.1 Å². The van der Waals surface area contributed by atoms with Crippen LogP contribution in [0.5, 0.6) is 0 Å². The van der Waals surface area contributed by atoms with Crippen LogP contribution in [0.25, 0.3) is 0 Å². The maximum Gasteiger partial charge on any atom is 0.241 e. The molecule has 0 aliphatic carbocycles. The van der Waals surface area contributed by atoms with Crippen molar-refractivity contribution in [3.63, 3.8) is 0 Å². The lowest BCUT2D eigenvalue weighted by Crippen LogP contribution is -2.48. The van der Waals surface area contributed by atoms with Crippen molar-refractivity contribution < 1.29 is 19.1 Å². The second kappa shape index (κ2) is 10.3. The third-order valence-corrected chi connectivity index (χ3v) is 7.05.